The Labute approximate surface area is 156 Å². The number of hydrogen-bond donors (Lipinski definition) is 0. The van der Waals surface area contributed by atoms with Crippen LogP contribution in [-0.4, -0.2) is 26.5 Å². The van der Waals surface area contributed by atoms with E-state index in [2.05, 4.69) is 28.8 Å². The second-order valence-electron chi connectivity index (χ2n) is 6.76. The highest BCUT2D eigenvalue weighted by molar-refractivity contribution is 7.99. The van der Waals surface area contributed by atoms with E-state index in [1.54, 1.807) is 11.8 Å². The summed E-state index contributed by atoms with van der Waals surface area (Å²) in [4.78, 5) is 12.3. The molecule has 0 spiro atoms. The van der Waals surface area contributed by atoms with Crippen LogP contribution >= 0.6 is 11.8 Å². The molecule has 0 aliphatic rings. The smallest absolute Gasteiger partial charge is 0.252 e. The van der Waals surface area contributed by atoms with Gasteiger partial charge in [0.05, 0.1) is 0 Å². The molecule has 1 atom stereocenters. The van der Waals surface area contributed by atoms with Crippen LogP contribution in [0.4, 0.5) is 13.2 Å². The number of rotatable bonds is 8. The van der Waals surface area contributed by atoms with Gasteiger partial charge in [0.15, 0.2) is 0 Å². The van der Waals surface area contributed by atoms with E-state index in [9.17, 15) is 13.2 Å². The van der Waals surface area contributed by atoms with Crippen LogP contribution in [0.1, 0.15) is 42.9 Å². The Morgan fingerprint density at radius 1 is 0.962 bits per heavy atom. The average molecular weight is 383 g/mol. The van der Waals surface area contributed by atoms with E-state index in [1.807, 2.05) is 18.6 Å². The fourth-order valence-corrected chi connectivity index (χ4v) is 3.30. The Bertz CT molecular complexity index is 670. The second-order valence-corrected chi connectivity index (χ2v) is 7.89. The standard InChI is InChI=1S/C19H24F3N3S/c1-13(2)8-18-24-11-15(12-25-18)4-6-16(26-3)9-14-5-7-17(23-10-14)19(20,21)22/h5,7,10-13,16H,4,6,8-9H2,1-3H3. The Kier molecular flexibility index (Phi) is 7.43. The third-order valence-corrected chi connectivity index (χ3v) is 5.09. The summed E-state index contributed by atoms with van der Waals surface area (Å²) in [7, 11) is 0. The van der Waals surface area contributed by atoms with Gasteiger partial charge in [-0.1, -0.05) is 19.9 Å². The number of thioether (sulfide) groups is 1. The van der Waals surface area contributed by atoms with Crippen molar-refractivity contribution < 1.29 is 13.2 Å². The topological polar surface area (TPSA) is 38.7 Å². The van der Waals surface area contributed by atoms with Crippen molar-refractivity contribution in [3.05, 3.63) is 53.4 Å². The van der Waals surface area contributed by atoms with E-state index in [4.69, 9.17) is 0 Å². The average Bonchev–Trinajstić information content (AvgIpc) is 2.59. The maximum Gasteiger partial charge on any atom is 0.433 e. The molecule has 142 valence electrons. The van der Waals surface area contributed by atoms with Crippen molar-refractivity contribution in [2.45, 2.75) is 51.0 Å². The molecule has 1 unspecified atom stereocenters. The molecule has 26 heavy (non-hydrogen) atoms. The number of nitrogens with zero attached hydrogens (tertiary/aromatic N) is 3. The van der Waals surface area contributed by atoms with Crippen molar-refractivity contribution in [2.24, 2.45) is 5.92 Å². The van der Waals surface area contributed by atoms with Gasteiger partial charge in [-0.05, 0) is 48.6 Å². The number of halogens is 3. The normalized spacial score (nSPS) is 13.2. The lowest BCUT2D eigenvalue weighted by atomic mass is 10.1. The monoisotopic (exact) mass is 383 g/mol. The molecular weight excluding hydrogens is 359 g/mol. The molecule has 0 saturated carbocycles. The van der Waals surface area contributed by atoms with Gasteiger partial charge in [0.2, 0.25) is 0 Å². The third kappa shape index (κ3) is 6.59. The fraction of sp³-hybridized carbons (Fsp3) is 0.526. The highest BCUT2D eigenvalue weighted by Gasteiger charge is 2.32. The molecule has 0 saturated heterocycles. The van der Waals surface area contributed by atoms with Gasteiger partial charge in [0.1, 0.15) is 11.5 Å². The first-order chi connectivity index (χ1) is 12.3. The van der Waals surface area contributed by atoms with E-state index < -0.39 is 11.9 Å². The lowest BCUT2D eigenvalue weighted by Gasteiger charge is -2.15. The molecule has 0 aromatic carbocycles. The van der Waals surface area contributed by atoms with Crippen molar-refractivity contribution in [2.75, 3.05) is 6.26 Å². The summed E-state index contributed by atoms with van der Waals surface area (Å²) >= 11 is 1.71. The van der Waals surface area contributed by atoms with Crippen LogP contribution in [0.25, 0.3) is 0 Å². The zero-order chi connectivity index (χ0) is 19.2. The van der Waals surface area contributed by atoms with Crippen molar-refractivity contribution in [3.63, 3.8) is 0 Å². The van der Waals surface area contributed by atoms with Gasteiger partial charge in [0.25, 0.3) is 0 Å². The van der Waals surface area contributed by atoms with Crippen LogP contribution in [0, 0.1) is 5.92 Å². The van der Waals surface area contributed by atoms with Crippen LogP contribution in [0.15, 0.2) is 30.7 Å². The molecule has 2 aromatic heterocycles. The molecule has 2 aromatic rings. The predicted octanol–water partition coefficient (Wildman–Crippen LogP) is 5.00. The SMILES string of the molecule is CSC(CCc1cnc(CC(C)C)nc1)Cc1ccc(C(F)(F)F)nc1. The maximum absolute atomic E-state index is 12.6. The first-order valence-electron chi connectivity index (χ1n) is 8.62. The van der Waals surface area contributed by atoms with Gasteiger partial charge < -0.3 is 0 Å². The first-order valence-corrected chi connectivity index (χ1v) is 9.91. The Morgan fingerprint density at radius 2 is 1.62 bits per heavy atom. The van der Waals surface area contributed by atoms with E-state index in [-0.39, 0.29) is 0 Å². The van der Waals surface area contributed by atoms with Crippen LogP contribution in [0.3, 0.4) is 0 Å². The minimum atomic E-state index is -4.39. The lowest BCUT2D eigenvalue weighted by Crippen LogP contribution is -2.11. The molecular formula is C19H24F3N3S. The van der Waals surface area contributed by atoms with E-state index in [0.717, 1.165) is 42.3 Å². The molecule has 0 aliphatic carbocycles. The van der Waals surface area contributed by atoms with E-state index in [0.29, 0.717) is 17.6 Å². The molecule has 3 nitrogen and oxygen atoms in total. The Balaban J connectivity index is 1.89. The number of pyridine rings is 1. The highest BCUT2D eigenvalue weighted by atomic mass is 32.2. The molecule has 0 bridgehead atoms. The zero-order valence-electron chi connectivity index (χ0n) is 15.3. The van der Waals surface area contributed by atoms with E-state index >= 15 is 0 Å². The molecule has 0 amide bonds. The van der Waals surface area contributed by atoms with Crippen LogP contribution in [0.5, 0.6) is 0 Å². The van der Waals surface area contributed by atoms with Gasteiger partial charge in [-0.25, -0.2) is 9.97 Å². The number of aryl methyl sites for hydroxylation is 1. The molecule has 0 fully saturated rings. The summed E-state index contributed by atoms with van der Waals surface area (Å²) in [6, 6.07) is 2.57. The quantitative estimate of drug-likeness (QED) is 0.643. The number of aromatic nitrogens is 3. The van der Waals surface area contributed by atoms with Crippen molar-refractivity contribution >= 4 is 11.8 Å². The minimum absolute atomic E-state index is 0.309. The Morgan fingerprint density at radius 3 is 2.12 bits per heavy atom. The highest BCUT2D eigenvalue weighted by Crippen LogP contribution is 2.28. The lowest BCUT2D eigenvalue weighted by molar-refractivity contribution is -0.141. The van der Waals surface area contributed by atoms with Gasteiger partial charge >= 0.3 is 6.18 Å². The summed E-state index contributed by atoms with van der Waals surface area (Å²) in [6.07, 6.45) is 6.03. The fourth-order valence-electron chi connectivity index (χ4n) is 2.59. The molecule has 7 heteroatoms. The molecule has 0 aliphatic heterocycles. The van der Waals surface area contributed by atoms with Crippen LogP contribution in [0.2, 0.25) is 0 Å². The third-order valence-electron chi connectivity index (χ3n) is 4.02. The summed E-state index contributed by atoms with van der Waals surface area (Å²) in [5.74, 6) is 1.39. The summed E-state index contributed by atoms with van der Waals surface area (Å²) < 4.78 is 37.7. The van der Waals surface area contributed by atoms with Crippen LogP contribution < -0.4 is 0 Å². The van der Waals surface area contributed by atoms with E-state index in [1.165, 1.54) is 12.3 Å². The summed E-state index contributed by atoms with van der Waals surface area (Å²) in [6.45, 7) is 4.27. The maximum atomic E-state index is 12.6. The minimum Gasteiger partial charge on any atom is -0.252 e. The molecule has 2 heterocycles. The number of alkyl halides is 3. The molecule has 0 radical (unpaired) electrons. The predicted molar refractivity (Wildman–Crippen MR) is 99.1 cm³/mol. The van der Waals surface area contributed by atoms with Gasteiger partial charge in [0, 0.05) is 30.3 Å². The number of hydrogen-bond acceptors (Lipinski definition) is 4. The summed E-state index contributed by atoms with van der Waals surface area (Å²) in [5, 5.41) is 0.309. The van der Waals surface area contributed by atoms with Crippen molar-refractivity contribution in [1.82, 2.24) is 15.0 Å². The van der Waals surface area contributed by atoms with Gasteiger partial charge in [-0.15, -0.1) is 0 Å². The second kappa shape index (κ2) is 9.35. The van der Waals surface area contributed by atoms with Crippen molar-refractivity contribution in [1.29, 1.82) is 0 Å². The van der Waals surface area contributed by atoms with Crippen molar-refractivity contribution in [3.8, 4) is 0 Å². The van der Waals surface area contributed by atoms with Gasteiger partial charge in [-0.3, -0.25) is 4.98 Å². The zero-order valence-corrected chi connectivity index (χ0v) is 16.1. The summed E-state index contributed by atoms with van der Waals surface area (Å²) in [5.41, 5.74) is 1.06. The van der Waals surface area contributed by atoms with Crippen LogP contribution in [-0.2, 0) is 25.4 Å². The molecule has 2 rings (SSSR count). The Hall–Kier alpha value is -1.63. The molecule has 0 N–H and O–H groups in total. The first kappa shape index (κ1) is 20.7. The largest absolute Gasteiger partial charge is 0.433 e. The van der Waals surface area contributed by atoms with Gasteiger partial charge in [-0.2, -0.15) is 24.9 Å².